The first-order valence-electron chi connectivity index (χ1n) is 7.88. The molecule has 1 unspecified atom stereocenters. The van der Waals surface area contributed by atoms with E-state index >= 15 is 0 Å². The molecule has 0 radical (unpaired) electrons. The molecule has 1 rings (SSSR count). The summed E-state index contributed by atoms with van der Waals surface area (Å²) in [6.45, 7) is 9.34. The average molecular weight is 285 g/mol. The monoisotopic (exact) mass is 285 g/mol. The van der Waals surface area contributed by atoms with Gasteiger partial charge in [-0.2, -0.15) is 0 Å². The van der Waals surface area contributed by atoms with Crippen molar-refractivity contribution in [3.63, 3.8) is 0 Å². The number of hydrogen-bond donors (Lipinski definition) is 2. The van der Waals surface area contributed by atoms with Gasteiger partial charge in [-0.15, -0.1) is 0 Å². The van der Waals surface area contributed by atoms with E-state index in [2.05, 4.69) is 29.4 Å². The highest BCUT2D eigenvalue weighted by Gasteiger charge is 2.24. The Labute approximate surface area is 123 Å². The Morgan fingerprint density at radius 2 is 2.05 bits per heavy atom. The molecule has 0 aromatic heterocycles. The van der Waals surface area contributed by atoms with Crippen LogP contribution in [0.3, 0.4) is 0 Å². The van der Waals surface area contributed by atoms with Gasteiger partial charge in [-0.1, -0.05) is 6.92 Å². The SMILES string of the molecule is CCCNC(C)C1CCN(CC(=O)NCCOC)CC1. The summed E-state index contributed by atoms with van der Waals surface area (Å²) in [5, 5.41) is 6.46. The van der Waals surface area contributed by atoms with Crippen LogP contribution in [0, 0.1) is 5.92 Å². The van der Waals surface area contributed by atoms with Gasteiger partial charge in [0.15, 0.2) is 0 Å². The molecule has 1 aliphatic heterocycles. The van der Waals surface area contributed by atoms with Crippen LogP contribution in [-0.4, -0.2) is 63.3 Å². The first kappa shape index (κ1) is 17.4. The average Bonchev–Trinajstić information content (AvgIpc) is 2.46. The lowest BCUT2D eigenvalue weighted by atomic mass is 9.90. The van der Waals surface area contributed by atoms with Crippen molar-refractivity contribution in [1.82, 2.24) is 15.5 Å². The Morgan fingerprint density at radius 3 is 2.65 bits per heavy atom. The van der Waals surface area contributed by atoms with Crippen molar-refractivity contribution in [2.24, 2.45) is 5.92 Å². The van der Waals surface area contributed by atoms with Gasteiger partial charge in [0.05, 0.1) is 13.2 Å². The molecule has 1 amide bonds. The van der Waals surface area contributed by atoms with Crippen LogP contribution in [0.15, 0.2) is 0 Å². The quantitative estimate of drug-likeness (QED) is 0.617. The second-order valence-electron chi connectivity index (χ2n) is 5.70. The fourth-order valence-corrected chi connectivity index (χ4v) is 2.70. The number of piperidine rings is 1. The Morgan fingerprint density at radius 1 is 1.35 bits per heavy atom. The molecule has 0 bridgehead atoms. The summed E-state index contributed by atoms with van der Waals surface area (Å²) in [6, 6.07) is 0.590. The van der Waals surface area contributed by atoms with E-state index in [1.54, 1.807) is 7.11 Å². The highest BCUT2D eigenvalue weighted by molar-refractivity contribution is 5.77. The van der Waals surface area contributed by atoms with E-state index in [-0.39, 0.29) is 5.91 Å². The summed E-state index contributed by atoms with van der Waals surface area (Å²) in [5.74, 6) is 0.854. The first-order valence-corrected chi connectivity index (χ1v) is 7.88. The van der Waals surface area contributed by atoms with E-state index in [0.717, 1.165) is 25.6 Å². The Hall–Kier alpha value is -0.650. The minimum Gasteiger partial charge on any atom is -0.383 e. The largest absolute Gasteiger partial charge is 0.383 e. The van der Waals surface area contributed by atoms with Crippen molar-refractivity contribution in [2.75, 3.05) is 46.4 Å². The Balaban J connectivity index is 2.16. The summed E-state index contributed by atoms with van der Waals surface area (Å²) in [7, 11) is 1.64. The predicted octanol–water partition coefficient (Wildman–Crippen LogP) is 0.849. The van der Waals surface area contributed by atoms with Crippen LogP contribution in [-0.2, 0) is 9.53 Å². The molecular formula is C15H31N3O2. The van der Waals surface area contributed by atoms with Crippen LogP contribution >= 0.6 is 0 Å². The highest BCUT2D eigenvalue weighted by atomic mass is 16.5. The van der Waals surface area contributed by atoms with Gasteiger partial charge in [-0.25, -0.2) is 0 Å². The lowest BCUT2D eigenvalue weighted by Gasteiger charge is -2.34. The zero-order valence-corrected chi connectivity index (χ0v) is 13.3. The van der Waals surface area contributed by atoms with Crippen LogP contribution in [0.5, 0.6) is 0 Å². The van der Waals surface area contributed by atoms with Crippen molar-refractivity contribution >= 4 is 5.91 Å². The number of amides is 1. The lowest BCUT2D eigenvalue weighted by Crippen LogP contribution is -2.45. The molecule has 1 atom stereocenters. The standard InChI is InChI=1S/C15H31N3O2/c1-4-7-16-13(2)14-5-9-18(10-6-14)12-15(19)17-8-11-20-3/h13-14,16H,4-12H2,1-3H3,(H,17,19). The molecule has 1 heterocycles. The van der Waals surface area contributed by atoms with Gasteiger partial charge >= 0.3 is 0 Å². The second kappa shape index (κ2) is 10.1. The molecule has 0 aromatic rings. The molecule has 5 heteroatoms. The number of ether oxygens (including phenoxy) is 1. The Kier molecular flexibility index (Phi) is 8.82. The molecule has 0 aliphatic carbocycles. The third-order valence-electron chi connectivity index (χ3n) is 4.05. The fraction of sp³-hybridized carbons (Fsp3) is 0.933. The molecule has 0 spiro atoms. The molecule has 1 saturated heterocycles. The van der Waals surface area contributed by atoms with Gasteiger partial charge in [0.1, 0.15) is 0 Å². The van der Waals surface area contributed by atoms with Crippen LogP contribution in [0.2, 0.25) is 0 Å². The van der Waals surface area contributed by atoms with Crippen molar-refractivity contribution in [2.45, 2.75) is 39.2 Å². The normalized spacial score (nSPS) is 18.9. The topological polar surface area (TPSA) is 53.6 Å². The molecule has 20 heavy (non-hydrogen) atoms. The third kappa shape index (κ3) is 6.68. The maximum atomic E-state index is 11.7. The van der Waals surface area contributed by atoms with Gasteiger partial charge in [0.2, 0.25) is 5.91 Å². The van der Waals surface area contributed by atoms with Gasteiger partial charge in [0.25, 0.3) is 0 Å². The maximum Gasteiger partial charge on any atom is 0.234 e. The van der Waals surface area contributed by atoms with Crippen LogP contribution in [0.4, 0.5) is 0 Å². The second-order valence-corrected chi connectivity index (χ2v) is 5.70. The number of rotatable bonds is 9. The van der Waals surface area contributed by atoms with Crippen LogP contribution < -0.4 is 10.6 Å². The van der Waals surface area contributed by atoms with Crippen molar-refractivity contribution in [3.8, 4) is 0 Å². The molecule has 1 fully saturated rings. The summed E-state index contributed by atoms with van der Waals surface area (Å²) >= 11 is 0. The number of methoxy groups -OCH3 is 1. The smallest absolute Gasteiger partial charge is 0.234 e. The lowest BCUT2D eigenvalue weighted by molar-refractivity contribution is -0.122. The van der Waals surface area contributed by atoms with E-state index in [4.69, 9.17) is 4.74 Å². The zero-order valence-electron chi connectivity index (χ0n) is 13.3. The van der Waals surface area contributed by atoms with Crippen LogP contribution in [0.25, 0.3) is 0 Å². The summed E-state index contributed by atoms with van der Waals surface area (Å²) in [6.07, 6.45) is 3.55. The molecule has 1 aliphatic rings. The van der Waals surface area contributed by atoms with Crippen molar-refractivity contribution < 1.29 is 9.53 Å². The number of nitrogens with zero attached hydrogens (tertiary/aromatic N) is 1. The molecule has 2 N–H and O–H groups in total. The molecule has 0 aromatic carbocycles. The number of carbonyl (C=O) groups is 1. The molecule has 5 nitrogen and oxygen atoms in total. The summed E-state index contributed by atoms with van der Waals surface area (Å²) < 4.78 is 4.92. The summed E-state index contributed by atoms with van der Waals surface area (Å²) in [4.78, 5) is 14.0. The Bertz CT molecular complexity index is 266. The van der Waals surface area contributed by atoms with E-state index in [1.165, 1.54) is 19.3 Å². The molecule has 0 saturated carbocycles. The van der Waals surface area contributed by atoms with Crippen molar-refractivity contribution in [3.05, 3.63) is 0 Å². The van der Waals surface area contributed by atoms with Gasteiger partial charge in [0, 0.05) is 19.7 Å². The third-order valence-corrected chi connectivity index (χ3v) is 4.05. The number of nitrogens with one attached hydrogen (secondary N) is 2. The van der Waals surface area contributed by atoms with Gasteiger partial charge < -0.3 is 15.4 Å². The molecule has 118 valence electrons. The molecular weight excluding hydrogens is 254 g/mol. The fourth-order valence-electron chi connectivity index (χ4n) is 2.70. The van der Waals surface area contributed by atoms with E-state index in [9.17, 15) is 4.79 Å². The number of likely N-dealkylation sites (tertiary alicyclic amines) is 1. The predicted molar refractivity (Wildman–Crippen MR) is 81.8 cm³/mol. The highest BCUT2D eigenvalue weighted by Crippen LogP contribution is 2.20. The zero-order chi connectivity index (χ0) is 14.8. The van der Waals surface area contributed by atoms with Crippen molar-refractivity contribution in [1.29, 1.82) is 0 Å². The first-order chi connectivity index (χ1) is 9.67. The van der Waals surface area contributed by atoms with E-state index in [1.807, 2.05) is 0 Å². The minimum absolute atomic E-state index is 0.109. The summed E-state index contributed by atoms with van der Waals surface area (Å²) in [5.41, 5.74) is 0. The number of carbonyl (C=O) groups excluding carboxylic acids is 1. The minimum atomic E-state index is 0.109. The van der Waals surface area contributed by atoms with E-state index < -0.39 is 0 Å². The van der Waals surface area contributed by atoms with E-state index in [0.29, 0.717) is 25.7 Å². The number of hydrogen-bond acceptors (Lipinski definition) is 4. The van der Waals surface area contributed by atoms with Gasteiger partial charge in [-0.3, -0.25) is 9.69 Å². The maximum absolute atomic E-state index is 11.7. The van der Waals surface area contributed by atoms with Crippen LogP contribution in [0.1, 0.15) is 33.1 Å². The van der Waals surface area contributed by atoms with Gasteiger partial charge in [-0.05, 0) is 51.7 Å².